The smallest absolute Gasteiger partial charge is 0.253 e. The van der Waals surface area contributed by atoms with Crippen LogP contribution in [0.25, 0.3) is 0 Å². The largest absolute Gasteiger partial charge is 0.508 e. The van der Waals surface area contributed by atoms with Gasteiger partial charge in [0.05, 0.1) is 5.56 Å². The van der Waals surface area contributed by atoms with Crippen molar-refractivity contribution in [2.75, 3.05) is 25.9 Å². The van der Waals surface area contributed by atoms with Crippen molar-refractivity contribution in [1.29, 1.82) is 0 Å². The summed E-state index contributed by atoms with van der Waals surface area (Å²) in [5.74, 6) is -0.196. The van der Waals surface area contributed by atoms with Crippen molar-refractivity contribution in [3.8, 4) is 5.75 Å². The molecule has 1 rings (SSSR count). The Labute approximate surface area is 120 Å². The average Bonchev–Trinajstić information content (AvgIpc) is 2.40. The highest BCUT2D eigenvalue weighted by atomic mass is 16.3. The van der Waals surface area contributed by atoms with Gasteiger partial charge in [0.25, 0.3) is 5.91 Å². The van der Waals surface area contributed by atoms with E-state index >= 15 is 0 Å². The van der Waals surface area contributed by atoms with Crippen LogP contribution < -0.4 is 11.1 Å². The molecule has 1 amide bonds. The van der Waals surface area contributed by atoms with Crippen LogP contribution in [-0.2, 0) is 0 Å². The SMILES string of the molecule is CC(C)N(C)CCCCNC(=O)c1cc(O)ccc1N. The second-order valence-electron chi connectivity index (χ2n) is 5.31. The van der Waals surface area contributed by atoms with E-state index in [1.807, 2.05) is 0 Å². The molecule has 0 fully saturated rings. The number of carbonyl (C=O) groups is 1. The van der Waals surface area contributed by atoms with Gasteiger partial charge in [0.1, 0.15) is 5.75 Å². The molecule has 0 saturated carbocycles. The molecule has 5 heteroatoms. The summed E-state index contributed by atoms with van der Waals surface area (Å²) < 4.78 is 0. The Morgan fingerprint density at radius 2 is 2.10 bits per heavy atom. The van der Waals surface area contributed by atoms with E-state index < -0.39 is 0 Å². The van der Waals surface area contributed by atoms with Crippen LogP contribution in [0.3, 0.4) is 0 Å². The van der Waals surface area contributed by atoms with E-state index in [9.17, 15) is 9.90 Å². The highest BCUT2D eigenvalue weighted by Gasteiger charge is 2.10. The average molecular weight is 279 g/mol. The van der Waals surface area contributed by atoms with E-state index in [4.69, 9.17) is 5.73 Å². The Kier molecular flexibility index (Phi) is 6.31. The maximum Gasteiger partial charge on any atom is 0.253 e. The van der Waals surface area contributed by atoms with E-state index in [1.54, 1.807) is 0 Å². The van der Waals surface area contributed by atoms with Crippen LogP contribution in [0.15, 0.2) is 18.2 Å². The first-order chi connectivity index (χ1) is 9.41. The molecule has 0 bridgehead atoms. The Balaban J connectivity index is 2.32. The first-order valence-corrected chi connectivity index (χ1v) is 6.98. The van der Waals surface area contributed by atoms with E-state index in [2.05, 4.69) is 31.1 Å². The van der Waals surface area contributed by atoms with Gasteiger partial charge in [-0.15, -0.1) is 0 Å². The van der Waals surface area contributed by atoms with Gasteiger partial charge in [0, 0.05) is 18.3 Å². The number of anilines is 1. The molecular weight excluding hydrogens is 254 g/mol. The zero-order valence-corrected chi connectivity index (χ0v) is 12.5. The van der Waals surface area contributed by atoms with Crippen LogP contribution in [0.5, 0.6) is 5.75 Å². The second-order valence-corrected chi connectivity index (χ2v) is 5.31. The molecule has 112 valence electrons. The van der Waals surface area contributed by atoms with Gasteiger partial charge in [0.2, 0.25) is 0 Å². The molecule has 4 N–H and O–H groups in total. The quantitative estimate of drug-likeness (QED) is 0.404. The van der Waals surface area contributed by atoms with Crippen molar-refractivity contribution in [2.24, 2.45) is 0 Å². The lowest BCUT2D eigenvalue weighted by molar-refractivity contribution is 0.0953. The van der Waals surface area contributed by atoms with Crippen molar-refractivity contribution in [2.45, 2.75) is 32.7 Å². The van der Waals surface area contributed by atoms with Crippen LogP contribution in [0, 0.1) is 0 Å². The molecule has 0 atom stereocenters. The molecular formula is C15H25N3O2. The predicted molar refractivity (Wildman–Crippen MR) is 81.9 cm³/mol. The summed E-state index contributed by atoms with van der Waals surface area (Å²) in [6, 6.07) is 4.92. The summed E-state index contributed by atoms with van der Waals surface area (Å²) in [5.41, 5.74) is 6.41. The highest BCUT2D eigenvalue weighted by molar-refractivity contribution is 5.99. The molecule has 0 aliphatic heterocycles. The Bertz CT molecular complexity index is 447. The van der Waals surface area contributed by atoms with Gasteiger partial charge in [-0.25, -0.2) is 0 Å². The minimum Gasteiger partial charge on any atom is -0.508 e. The number of nitrogens with two attached hydrogens (primary N) is 1. The van der Waals surface area contributed by atoms with Gasteiger partial charge in [0.15, 0.2) is 0 Å². The van der Waals surface area contributed by atoms with E-state index in [0.29, 0.717) is 23.8 Å². The topological polar surface area (TPSA) is 78.6 Å². The number of benzene rings is 1. The molecule has 20 heavy (non-hydrogen) atoms. The molecule has 1 aromatic carbocycles. The summed E-state index contributed by atoms with van der Waals surface area (Å²) in [6.45, 7) is 5.94. The molecule has 0 spiro atoms. The summed E-state index contributed by atoms with van der Waals surface area (Å²) in [4.78, 5) is 14.2. The number of nitrogens with zero attached hydrogens (tertiary/aromatic N) is 1. The first kappa shape index (κ1) is 16.3. The number of rotatable bonds is 7. The van der Waals surface area contributed by atoms with Crippen molar-refractivity contribution >= 4 is 11.6 Å². The maximum atomic E-state index is 11.9. The number of nitrogen functional groups attached to an aromatic ring is 1. The minimum absolute atomic E-state index is 0.0444. The third kappa shape index (κ3) is 5.09. The van der Waals surface area contributed by atoms with Crippen LogP contribution in [-0.4, -0.2) is 42.1 Å². The number of amides is 1. The number of phenols is 1. The fourth-order valence-electron chi connectivity index (χ4n) is 1.78. The second kappa shape index (κ2) is 7.75. The van der Waals surface area contributed by atoms with Crippen LogP contribution in [0.4, 0.5) is 5.69 Å². The van der Waals surface area contributed by atoms with Crippen molar-refractivity contribution < 1.29 is 9.90 Å². The lowest BCUT2D eigenvalue weighted by Crippen LogP contribution is -2.29. The fourth-order valence-corrected chi connectivity index (χ4v) is 1.78. The first-order valence-electron chi connectivity index (χ1n) is 6.98. The molecule has 5 nitrogen and oxygen atoms in total. The van der Waals surface area contributed by atoms with Crippen LogP contribution >= 0.6 is 0 Å². The summed E-state index contributed by atoms with van der Waals surface area (Å²) in [5, 5.41) is 12.2. The number of phenolic OH excluding ortho intramolecular Hbond substituents is 1. The van der Waals surface area contributed by atoms with Crippen LogP contribution in [0.1, 0.15) is 37.0 Å². The Hall–Kier alpha value is -1.75. The molecule has 1 aromatic rings. The third-order valence-electron chi connectivity index (χ3n) is 3.39. The normalized spacial score (nSPS) is 11.1. The standard InChI is InChI=1S/C15H25N3O2/c1-11(2)18(3)9-5-4-8-17-15(20)13-10-12(19)6-7-14(13)16/h6-7,10-11,19H,4-5,8-9,16H2,1-3H3,(H,17,20). The molecule has 0 aliphatic carbocycles. The number of carbonyl (C=O) groups excluding carboxylic acids is 1. The number of hydrogen-bond acceptors (Lipinski definition) is 4. The van der Waals surface area contributed by atoms with Gasteiger partial charge >= 0.3 is 0 Å². The van der Waals surface area contributed by atoms with E-state index in [-0.39, 0.29) is 11.7 Å². The minimum atomic E-state index is -0.240. The van der Waals surface area contributed by atoms with Gasteiger partial charge < -0.3 is 21.1 Å². The number of nitrogens with one attached hydrogen (secondary N) is 1. The number of unbranched alkanes of at least 4 members (excludes halogenated alkanes) is 1. The lowest BCUT2D eigenvalue weighted by atomic mass is 10.1. The monoisotopic (exact) mass is 279 g/mol. The van der Waals surface area contributed by atoms with E-state index in [1.165, 1.54) is 18.2 Å². The predicted octanol–water partition coefficient (Wildman–Crippen LogP) is 1.82. The van der Waals surface area contributed by atoms with Crippen molar-refractivity contribution in [1.82, 2.24) is 10.2 Å². The number of hydrogen-bond donors (Lipinski definition) is 3. The maximum absolute atomic E-state index is 11.9. The van der Waals surface area contributed by atoms with Gasteiger partial charge in [-0.1, -0.05) is 0 Å². The van der Waals surface area contributed by atoms with Gasteiger partial charge in [-0.2, -0.15) is 0 Å². The zero-order chi connectivity index (χ0) is 15.1. The molecule has 0 radical (unpaired) electrons. The van der Waals surface area contributed by atoms with Crippen molar-refractivity contribution in [3.05, 3.63) is 23.8 Å². The molecule has 0 aromatic heterocycles. The molecule has 0 unspecified atom stereocenters. The van der Waals surface area contributed by atoms with E-state index in [0.717, 1.165) is 19.4 Å². The molecule has 0 heterocycles. The van der Waals surface area contributed by atoms with Crippen molar-refractivity contribution in [3.63, 3.8) is 0 Å². The van der Waals surface area contributed by atoms with Gasteiger partial charge in [-0.3, -0.25) is 4.79 Å². The summed E-state index contributed by atoms with van der Waals surface area (Å²) >= 11 is 0. The third-order valence-corrected chi connectivity index (χ3v) is 3.39. The van der Waals surface area contributed by atoms with Gasteiger partial charge in [-0.05, 0) is 58.5 Å². The molecule has 0 saturated heterocycles. The summed E-state index contributed by atoms with van der Waals surface area (Å²) in [6.07, 6.45) is 1.95. The summed E-state index contributed by atoms with van der Waals surface area (Å²) in [7, 11) is 2.09. The Morgan fingerprint density at radius 3 is 2.75 bits per heavy atom. The zero-order valence-electron chi connectivity index (χ0n) is 12.5. The molecule has 0 aliphatic rings. The lowest BCUT2D eigenvalue weighted by Gasteiger charge is -2.20. The number of aromatic hydroxyl groups is 1. The Morgan fingerprint density at radius 1 is 1.40 bits per heavy atom. The van der Waals surface area contributed by atoms with Crippen LogP contribution in [0.2, 0.25) is 0 Å². The fraction of sp³-hybridized carbons (Fsp3) is 0.533. The highest BCUT2D eigenvalue weighted by Crippen LogP contribution is 2.18.